The van der Waals surface area contributed by atoms with E-state index in [1.807, 2.05) is 47.9 Å². The average Bonchev–Trinajstić information content (AvgIpc) is 3.29. The fourth-order valence-electron chi connectivity index (χ4n) is 2.85. The Morgan fingerprint density at radius 2 is 2.22 bits per heavy atom. The third-order valence-electron chi connectivity index (χ3n) is 4.23. The first-order chi connectivity index (χ1) is 11.2. The summed E-state index contributed by atoms with van der Waals surface area (Å²) < 4.78 is 1.85. The molecule has 0 saturated heterocycles. The van der Waals surface area contributed by atoms with Gasteiger partial charge >= 0.3 is 0 Å². The Kier molecular flexibility index (Phi) is 3.33. The van der Waals surface area contributed by atoms with E-state index in [0.717, 1.165) is 29.7 Å². The van der Waals surface area contributed by atoms with Crippen molar-refractivity contribution in [2.24, 2.45) is 5.92 Å². The number of carbonyl (C=O) groups excluding carboxylic acids is 1. The van der Waals surface area contributed by atoms with Crippen LogP contribution in [0.3, 0.4) is 0 Å². The van der Waals surface area contributed by atoms with E-state index in [1.54, 1.807) is 12.4 Å². The molecule has 0 bridgehead atoms. The molecule has 3 aromatic heterocycles. The van der Waals surface area contributed by atoms with Crippen molar-refractivity contribution in [2.45, 2.75) is 25.8 Å². The molecule has 4 rings (SSSR count). The fourth-order valence-corrected chi connectivity index (χ4v) is 2.85. The van der Waals surface area contributed by atoms with Crippen LogP contribution in [0.5, 0.6) is 0 Å². The second-order valence-electron chi connectivity index (χ2n) is 6.14. The summed E-state index contributed by atoms with van der Waals surface area (Å²) in [4.78, 5) is 21.4. The van der Waals surface area contributed by atoms with Gasteiger partial charge in [0.05, 0.1) is 11.7 Å². The molecule has 0 unspecified atom stereocenters. The number of nitrogens with zero attached hydrogens (tertiary/aromatic N) is 3. The van der Waals surface area contributed by atoms with Crippen LogP contribution >= 0.6 is 0 Å². The average molecular weight is 306 g/mol. The molecule has 1 N–H and O–H groups in total. The Labute approximate surface area is 134 Å². The van der Waals surface area contributed by atoms with Gasteiger partial charge in [0, 0.05) is 18.6 Å². The van der Waals surface area contributed by atoms with Crippen molar-refractivity contribution < 1.29 is 4.79 Å². The predicted molar refractivity (Wildman–Crippen MR) is 87.1 cm³/mol. The smallest absolute Gasteiger partial charge is 0.272 e. The number of pyridine rings is 2. The summed E-state index contributed by atoms with van der Waals surface area (Å²) in [6.45, 7) is 2.04. The van der Waals surface area contributed by atoms with Gasteiger partial charge in [-0.2, -0.15) is 0 Å². The van der Waals surface area contributed by atoms with Crippen molar-refractivity contribution in [2.75, 3.05) is 0 Å². The zero-order chi connectivity index (χ0) is 15.8. The largest absolute Gasteiger partial charge is 0.342 e. The Morgan fingerprint density at radius 3 is 2.96 bits per heavy atom. The molecule has 1 amide bonds. The molecule has 3 heterocycles. The van der Waals surface area contributed by atoms with Crippen LogP contribution in [-0.4, -0.2) is 20.3 Å². The van der Waals surface area contributed by atoms with Crippen LogP contribution in [0.25, 0.3) is 5.65 Å². The van der Waals surface area contributed by atoms with E-state index in [1.165, 1.54) is 0 Å². The van der Waals surface area contributed by atoms with Crippen molar-refractivity contribution in [3.63, 3.8) is 0 Å². The third kappa shape index (κ3) is 2.82. The topological polar surface area (TPSA) is 59.3 Å². The van der Waals surface area contributed by atoms with Gasteiger partial charge < -0.3 is 9.72 Å². The van der Waals surface area contributed by atoms with E-state index in [0.29, 0.717) is 11.6 Å². The SMILES string of the molecule is Cc1ccnc([C@H](NC(=O)c2cn3ccccc3n2)C2CC2)c1. The molecule has 1 aliphatic rings. The standard InChI is InChI=1S/C18H18N4O/c1-12-7-8-19-14(10-12)17(13-5-6-13)21-18(23)15-11-22-9-3-2-4-16(22)20-15/h2-4,7-11,13,17H,5-6H2,1H3,(H,21,23)/t17-/m1/s1. The summed E-state index contributed by atoms with van der Waals surface area (Å²) >= 11 is 0. The normalized spacial score (nSPS) is 15.5. The van der Waals surface area contributed by atoms with Gasteiger partial charge in [-0.25, -0.2) is 4.98 Å². The summed E-state index contributed by atoms with van der Waals surface area (Å²) in [5.41, 5.74) is 3.30. The van der Waals surface area contributed by atoms with Gasteiger partial charge in [-0.3, -0.25) is 9.78 Å². The summed E-state index contributed by atoms with van der Waals surface area (Å²) in [5, 5.41) is 3.12. The maximum absolute atomic E-state index is 12.6. The van der Waals surface area contributed by atoms with Gasteiger partial charge in [-0.15, -0.1) is 0 Å². The lowest BCUT2D eigenvalue weighted by Gasteiger charge is -2.17. The number of hydrogen-bond acceptors (Lipinski definition) is 3. The molecular formula is C18H18N4O. The van der Waals surface area contributed by atoms with Crippen LogP contribution < -0.4 is 5.32 Å². The van der Waals surface area contributed by atoms with Crippen LogP contribution in [0.2, 0.25) is 0 Å². The first-order valence-corrected chi connectivity index (χ1v) is 7.88. The van der Waals surface area contributed by atoms with Gasteiger partial charge in [0.2, 0.25) is 0 Å². The number of amides is 1. The Balaban J connectivity index is 1.60. The summed E-state index contributed by atoms with van der Waals surface area (Å²) in [6, 6.07) is 9.70. The van der Waals surface area contributed by atoms with Crippen LogP contribution in [0.4, 0.5) is 0 Å². The maximum Gasteiger partial charge on any atom is 0.272 e. The molecule has 0 spiro atoms. The maximum atomic E-state index is 12.6. The molecule has 1 atom stereocenters. The lowest BCUT2D eigenvalue weighted by atomic mass is 10.1. The number of aryl methyl sites for hydroxylation is 1. The number of rotatable bonds is 4. The van der Waals surface area contributed by atoms with E-state index in [2.05, 4.69) is 15.3 Å². The molecule has 1 saturated carbocycles. The molecule has 116 valence electrons. The number of nitrogens with one attached hydrogen (secondary N) is 1. The zero-order valence-corrected chi connectivity index (χ0v) is 12.9. The number of fused-ring (bicyclic) bond motifs is 1. The molecular weight excluding hydrogens is 288 g/mol. The van der Waals surface area contributed by atoms with E-state index in [-0.39, 0.29) is 11.9 Å². The van der Waals surface area contributed by atoms with Crippen LogP contribution in [0.15, 0.2) is 48.9 Å². The molecule has 1 aliphatic carbocycles. The van der Waals surface area contributed by atoms with E-state index in [4.69, 9.17) is 0 Å². The summed E-state index contributed by atoms with van der Waals surface area (Å²) in [7, 11) is 0. The second kappa shape index (κ2) is 5.50. The molecule has 0 aliphatic heterocycles. The molecule has 3 aromatic rings. The van der Waals surface area contributed by atoms with Gasteiger partial charge in [-0.05, 0) is 55.5 Å². The number of hydrogen-bond donors (Lipinski definition) is 1. The van der Waals surface area contributed by atoms with Crippen LogP contribution in [-0.2, 0) is 0 Å². The van der Waals surface area contributed by atoms with Gasteiger partial charge in [0.15, 0.2) is 0 Å². The van der Waals surface area contributed by atoms with E-state index < -0.39 is 0 Å². The number of carbonyl (C=O) groups is 1. The van der Waals surface area contributed by atoms with E-state index >= 15 is 0 Å². The molecule has 0 radical (unpaired) electrons. The number of imidazole rings is 1. The van der Waals surface area contributed by atoms with Crippen molar-refractivity contribution >= 4 is 11.6 Å². The minimum absolute atomic E-state index is 0.0350. The zero-order valence-electron chi connectivity index (χ0n) is 12.9. The first kappa shape index (κ1) is 13.9. The van der Waals surface area contributed by atoms with Gasteiger partial charge in [-0.1, -0.05) is 6.07 Å². The molecule has 0 aromatic carbocycles. The molecule has 23 heavy (non-hydrogen) atoms. The lowest BCUT2D eigenvalue weighted by molar-refractivity contribution is 0.0926. The Hall–Kier alpha value is -2.69. The lowest BCUT2D eigenvalue weighted by Crippen LogP contribution is -2.30. The quantitative estimate of drug-likeness (QED) is 0.806. The summed E-state index contributed by atoms with van der Waals surface area (Å²) in [5.74, 6) is 0.333. The van der Waals surface area contributed by atoms with Crippen LogP contribution in [0.1, 0.15) is 40.6 Å². The minimum atomic E-state index is -0.145. The van der Waals surface area contributed by atoms with Crippen molar-refractivity contribution in [1.29, 1.82) is 0 Å². The number of aromatic nitrogens is 3. The fraction of sp³-hybridized carbons (Fsp3) is 0.278. The van der Waals surface area contributed by atoms with Gasteiger partial charge in [0.25, 0.3) is 5.91 Å². The highest BCUT2D eigenvalue weighted by atomic mass is 16.2. The first-order valence-electron chi connectivity index (χ1n) is 7.88. The summed E-state index contributed by atoms with van der Waals surface area (Å²) in [6.07, 6.45) is 7.71. The van der Waals surface area contributed by atoms with Gasteiger partial charge in [0.1, 0.15) is 11.3 Å². The van der Waals surface area contributed by atoms with Crippen molar-refractivity contribution in [1.82, 2.24) is 19.7 Å². The molecule has 5 nitrogen and oxygen atoms in total. The highest BCUT2D eigenvalue weighted by Gasteiger charge is 2.34. The monoisotopic (exact) mass is 306 g/mol. The Bertz CT molecular complexity index is 833. The Morgan fingerprint density at radius 1 is 1.35 bits per heavy atom. The minimum Gasteiger partial charge on any atom is -0.342 e. The molecule has 1 fully saturated rings. The molecule has 5 heteroatoms. The second-order valence-corrected chi connectivity index (χ2v) is 6.14. The highest BCUT2D eigenvalue weighted by molar-refractivity contribution is 5.93. The highest BCUT2D eigenvalue weighted by Crippen LogP contribution is 2.40. The predicted octanol–water partition coefficient (Wildman–Crippen LogP) is 2.92. The van der Waals surface area contributed by atoms with Crippen molar-refractivity contribution in [3.05, 3.63) is 65.9 Å². The van der Waals surface area contributed by atoms with E-state index in [9.17, 15) is 4.79 Å². The van der Waals surface area contributed by atoms with Crippen molar-refractivity contribution in [3.8, 4) is 0 Å². The van der Waals surface area contributed by atoms with Crippen LogP contribution in [0, 0.1) is 12.8 Å². The third-order valence-corrected chi connectivity index (χ3v) is 4.23.